The number of aliphatic hydroxyl groups is 1. The van der Waals surface area contributed by atoms with E-state index in [1.54, 1.807) is 0 Å². The van der Waals surface area contributed by atoms with Crippen LogP contribution in [0, 0.1) is 0 Å². The molecule has 1 atom stereocenters. The van der Waals surface area contributed by atoms with Gasteiger partial charge in [-0.2, -0.15) is 0 Å². The predicted molar refractivity (Wildman–Crippen MR) is 122 cm³/mol. The molecule has 8 nitrogen and oxygen atoms in total. The van der Waals surface area contributed by atoms with Crippen molar-refractivity contribution in [2.45, 2.75) is 36.8 Å². The molecule has 8 heteroatoms. The lowest BCUT2D eigenvalue weighted by Gasteiger charge is -2.38. The van der Waals surface area contributed by atoms with Gasteiger partial charge >= 0.3 is 5.97 Å². The van der Waals surface area contributed by atoms with Crippen LogP contribution in [0.1, 0.15) is 36.3 Å². The third-order valence-electron chi connectivity index (χ3n) is 6.60. The molecule has 1 saturated heterocycles. The van der Waals surface area contributed by atoms with E-state index in [1.165, 1.54) is 7.11 Å². The minimum atomic E-state index is -1.18. The number of piperidine rings is 1. The maximum atomic E-state index is 13.3. The number of nitrogens with one attached hydrogen (secondary N) is 3. The highest BCUT2D eigenvalue weighted by Crippen LogP contribution is 2.46. The van der Waals surface area contributed by atoms with Crippen molar-refractivity contribution in [3.8, 4) is 11.1 Å². The number of rotatable bonds is 7. The summed E-state index contributed by atoms with van der Waals surface area (Å²) in [6.07, 6.45) is 0.959. The molecule has 2 aromatic carbocycles. The van der Waals surface area contributed by atoms with Crippen molar-refractivity contribution >= 4 is 17.8 Å². The highest BCUT2D eigenvalue weighted by Gasteiger charge is 2.43. The van der Waals surface area contributed by atoms with Gasteiger partial charge in [0.25, 0.3) is 0 Å². The van der Waals surface area contributed by atoms with Crippen molar-refractivity contribution in [2.75, 3.05) is 26.8 Å². The first kappa shape index (κ1) is 22.9. The molecular formula is C25H29N3O5. The van der Waals surface area contributed by atoms with Crippen molar-refractivity contribution < 1.29 is 24.2 Å². The Morgan fingerprint density at radius 2 is 1.64 bits per heavy atom. The summed E-state index contributed by atoms with van der Waals surface area (Å²) in [4.78, 5) is 38.4. The van der Waals surface area contributed by atoms with Crippen LogP contribution in [0.3, 0.4) is 0 Å². The van der Waals surface area contributed by atoms with Gasteiger partial charge in [0.2, 0.25) is 11.8 Å². The molecule has 174 valence electrons. The third kappa shape index (κ3) is 4.49. The van der Waals surface area contributed by atoms with Gasteiger partial charge in [-0.3, -0.25) is 9.59 Å². The maximum absolute atomic E-state index is 13.3. The summed E-state index contributed by atoms with van der Waals surface area (Å²) < 4.78 is 4.65. The second-order valence-corrected chi connectivity index (χ2v) is 8.54. The zero-order chi connectivity index (χ0) is 23.4. The summed E-state index contributed by atoms with van der Waals surface area (Å²) in [5.41, 5.74) is 3.29. The summed E-state index contributed by atoms with van der Waals surface area (Å²) in [7, 11) is 1.19. The lowest BCUT2D eigenvalue weighted by atomic mass is 9.85. The van der Waals surface area contributed by atoms with E-state index in [2.05, 4.69) is 32.8 Å². The summed E-state index contributed by atoms with van der Waals surface area (Å²) >= 11 is 0. The van der Waals surface area contributed by atoms with Gasteiger partial charge in [-0.1, -0.05) is 48.5 Å². The fraction of sp³-hybridized carbons (Fsp3) is 0.400. The Kier molecular flexibility index (Phi) is 6.76. The van der Waals surface area contributed by atoms with Crippen LogP contribution in [0.2, 0.25) is 0 Å². The lowest BCUT2D eigenvalue weighted by molar-refractivity contribution is -0.147. The van der Waals surface area contributed by atoms with Gasteiger partial charge < -0.3 is 25.8 Å². The van der Waals surface area contributed by atoms with Gasteiger partial charge in [0.1, 0.15) is 5.54 Å². The fourth-order valence-corrected chi connectivity index (χ4v) is 4.86. The Hall–Kier alpha value is -3.23. The molecule has 2 amide bonds. The molecule has 0 spiro atoms. The molecule has 4 N–H and O–H groups in total. The predicted octanol–water partition coefficient (Wildman–Crippen LogP) is 1.08. The first-order valence-corrected chi connectivity index (χ1v) is 11.2. The summed E-state index contributed by atoms with van der Waals surface area (Å²) in [6, 6.07) is 15.0. The van der Waals surface area contributed by atoms with Crippen LogP contribution in [-0.4, -0.2) is 61.3 Å². The molecule has 2 aromatic rings. The maximum Gasteiger partial charge on any atom is 0.330 e. The number of hydrogen-bond acceptors (Lipinski definition) is 6. The first-order chi connectivity index (χ1) is 16.0. The largest absolute Gasteiger partial charge is 0.467 e. The van der Waals surface area contributed by atoms with Gasteiger partial charge in [0.05, 0.1) is 13.7 Å². The van der Waals surface area contributed by atoms with Crippen LogP contribution in [0.4, 0.5) is 0 Å². The minimum absolute atomic E-state index is 0.0977. The highest BCUT2D eigenvalue weighted by molar-refractivity contribution is 5.95. The Labute approximate surface area is 192 Å². The summed E-state index contributed by atoms with van der Waals surface area (Å²) in [6.45, 7) is 0.506. The van der Waals surface area contributed by atoms with E-state index in [0.717, 1.165) is 22.3 Å². The number of benzene rings is 2. The smallest absolute Gasteiger partial charge is 0.330 e. The molecule has 1 aliphatic carbocycles. The van der Waals surface area contributed by atoms with Crippen LogP contribution >= 0.6 is 0 Å². The zero-order valence-corrected chi connectivity index (χ0v) is 18.6. The second kappa shape index (κ2) is 9.72. The monoisotopic (exact) mass is 451 g/mol. The van der Waals surface area contributed by atoms with E-state index in [-0.39, 0.29) is 18.2 Å². The standard InChI is InChI=1S/C25H29N3O5/c1-33-23(31)21(15-29)27-24(32)25(10-12-26-13-11-25)28-22(30)14-20-18-8-4-2-6-16(18)17-7-3-5-9-19(17)20/h2-9,20-21,26,29H,10-15H2,1H3,(H,27,32)(H,28,30). The molecule has 2 aliphatic rings. The van der Waals surface area contributed by atoms with E-state index in [1.807, 2.05) is 36.4 Å². The van der Waals surface area contributed by atoms with E-state index in [9.17, 15) is 19.5 Å². The van der Waals surface area contributed by atoms with E-state index >= 15 is 0 Å². The van der Waals surface area contributed by atoms with Gasteiger partial charge in [0, 0.05) is 12.3 Å². The minimum Gasteiger partial charge on any atom is -0.467 e. The van der Waals surface area contributed by atoms with Gasteiger partial charge in [-0.15, -0.1) is 0 Å². The zero-order valence-electron chi connectivity index (χ0n) is 18.6. The number of methoxy groups -OCH3 is 1. The highest BCUT2D eigenvalue weighted by atomic mass is 16.5. The van der Waals surface area contributed by atoms with Gasteiger partial charge in [0.15, 0.2) is 6.04 Å². The summed E-state index contributed by atoms with van der Waals surface area (Å²) in [5.74, 6) is -1.56. The molecule has 33 heavy (non-hydrogen) atoms. The quantitative estimate of drug-likeness (QED) is 0.468. The van der Waals surface area contributed by atoms with Crippen LogP contribution < -0.4 is 16.0 Å². The number of amides is 2. The third-order valence-corrected chi connectivity index (χ3v) is 6.60. The Balaban J connectivity index is 1.54. The molecule has 0 bridgehead atoms. The Bertz CT molecular complexity index is 1000. The number of ether oxygens (including phenoxy) is 1. The van der Waals surface area contributed by atoms with Crippen molar-refractivity contribution in [3.05, 3.63) is 59.7 Å². The summed E-state index contributed by atoms with van der Waals surface area (Å²) in [5, 5.41) is 18.2. The Morgan fingerprint density at radius 3 is 2.18 bits per heavy atom. The lowest BCUT2D eigenvalue weighted by Crippen LogP contribution is -2.65. The van der Waals surface area contributed by atoms with E-state index in [4.69, 9.17) is 0 Å². The molecule has 1 fully saturated rings. The number of hydrogen-bond donors (Lipinski definition) is 4. The topological polar surface area (TPSA) is 117 Å². The molecular weight excluding hydrogens is 422 g/mol. The Morgan fingerprint density at radius 1 is 1.06 bits per heavy atom. The molecule has 0 saturated carbocycles. The molecule has 0 radical (unpaired) electrons. The molecule has 4 rings (SSSR count). The number of carbonyl (C=O) groups excluding carboxylic acids is 3. The van der Waals surface area contributed by atoms with Crippen LogP contribution in [-0.2, 0) is 19.1 Å². The van der Waals surface area contributed by atoms with Gasteiger partial charge in [-0.25, -0.2) is 4.79 Å². The van der Waals surface area contributed by atoms with Crippen molar-refractivity contribution in [3.63, 3.8) is 0 Å². The van der Waals surface area contributed by atoms with Crippen molar-refractivity contribution in [1.82, 2.24) is 16.0 Å². The van der Waals surface area contributed by atoms with Crippen LogP contribution in [0.15, 0.2) is 48.5 Å². The normalized spacial score (nSPS) is 17.4. The van der Waals surface area contributed by atoms with Crippen LogP contribution in [0.25, 0.3) is 11.1 Å². The van der Waals surface area contributed by atoms with Crippen molar-refractivity contribution in [2.24, 2.45) is 0 Å². The fourth-order valence-electron chi connectivity index (χ4n) is 4.86. The number of fused-ring (bicyclic) bond motifs is 3. The van der Waals surface area contributed by atoms with Gasteiger partial charge in [-0.05, 0) is 48.2 Å². The van der Waals surface area contributed by atoms with E-state index in [0.29, 0.717) is 25.9 Å². The molecule has 0 aromatic heterocycles. The average molecular weight is 452 g/mol. The van der Waals surface area contributed by atoms with Crippen LogP contribution in [0.5, 0.6) is 0 Å². The first-order valence-electron chi connectivity index (χ1n) is 11.2. The average Bonchev–Trinajstić information content (AvgIpc) is 3.16. The second-order valence-electron chi connectivity index (χ2n) is 8.54. The van der Waals surface area contributed by atoms with E-state index < -0.39 is 30.1 Å². The molecule has 1 unspecified atom stereocenters. The SMILES string of the molecule is COC(=O)C(CO)NC(=O)C1(NC(=O)CC2c3ccccc3-c3ccccc32)CCNCC1. The molecule has 1 heterocycles. The number of carbonyl (C=O) groups is 3. The molecule has 1 aliphatic heterocycles. The van der Waals surface area contributed by atoms with Crippen molar-refractivity contribution in [1.29, 1.82) is 0 Å². The number of aliphatic hydroxyl groups excluding tert-OH is 1. The number of esters is 1.